The van der Waals surface area contributed by atoms with Crippen molar-refractivity contribution in [3.05, 3.63) is 0 Å². The molecule has 1 aliphatic heterocycles. The first-order valence-electron chi connectivity index (χ1n) is 4.87. The molecule has 1 heterocycles. The minimum Gasteiger partial charge on any atom is -0.341 e. The molecule has 0 radical (unpaired) electrons. The number of hydrogen-bond donors (Lipinski definition) is 1. The summed E-state index contributed by atoms with van der Waals surface area (Å²) in [5.41, 5.74) is 0. The van der Waals surface area contributed by atoms with Crippen LogP contribution in [0.25, 0.3) is 0 Å². The first-order chi connectivity index (χ1) is 6.29. The molecule has 1 saturated heterocycles. The Morgan fingerprint density at radius 2 is 2.31 bits per heavy atom. The van der Waals surface area contributed by atoms with Crippen LogP contribution in [0.2, 0.25) is 0 Å². The Bertz CT molecular complexity index is 200. The standard InChI is InChI=1S/C9H16N2OS/c1-11(7-2-3-7)9(12)8-6-13-5-4-10-8/h7-8,10H,2-6H2,1H3. The number of carbonyl (C=O) groups is 1. The van der Waals surface area contributed by atoms with Crippen LogP contribution in [0.5, 0.6) is 0 Å². The summed E-state index contributed by atoms with van der Waals surface area (Å²) in [6.45, 7) is 0.972. The summed E-state index contributed by atoms with van der Waals surface area (Å²) in [6, 6.07) is 0.616. The maximum atomic E-state index is 11.8. The zero-order valence-electron chi connectivity index (χ0n) is 7.95. The predicted octanol–water partition coefficient (Wildman–Crippen LogP) is 0.312. The Morgan fingerprint density at radius 1 is 1.54 bits per heavy atom. The highest BCUT2D eigenvalue weighted by Gasteiger charge is 2.33. The third kappa shape index (κ3) is 2.17. The smallest absolute Gasteiger partial charge is 0.240 e. The van der Waals surface area contributed by atoms with Gasteiger partial charge in [0.2, 0.25) is 5.91 Å². The molecule has 0 aromatic heterocycles. The van der Waals surface area contributed by atoms with E-state index in [-0.39, 0.29) is 11.9 Å². The number of rotatable bonds is 2. The van der Waals surface area contributed by atoms with Crippen molar-refractivity contribution in [3.63, 3.8) is 0 Å². The summed E-state index contributed by atoms with van der Waals surface area (Å²) in [5, 5.41) is 3.27. The molecule has 1 aliphatic carbocycles. The lowest BCUT2D eigenvalue weighted by atomic mass is 10.3. The SMILES string of the molecule is CN(C(=O)C1CSCCN1)C1CC1. The molecule has 1 N–H and O–H groups in total. The van der Waals surface area contributed by atoms with E-state index in [0.29, 0.717) is 6.04 Å². The lowest BCUT2D eigenvalue weighted by Crippen LogP contribution is -2.50. The van der Waals surface area contributed by atoms with Gasteiger partial charge in [-0.2, -0.15) is 11.8 Å². The van der Waals surface area contributed by atoms with Crippen molar-refractivity contribution in [3.8, 4) is 0 Å². The summed E-state index contributed by atoms with van der Waals surface area (Å²) >= 11 is 1.87. The summed E-state index contributed by atoms with van der Waals surface area (Å²) in [4.78, 5) is 13.7. The van der Waals surface area contributed by atoms with Gasteiger partial charge in [-0.3, -0.25) is 4.79 Å². The molecule has 2 aliphatic rings. The Balaban J connectivity index is 1.86. The number of amides is 1. The lowest BCUT2D eigenvalue weighted by molar-refractivity contribution is -0.132. The van der Waals surface area contributed by atoms with E-state index in [2.05, 4.69) is 5.32 Å². The summed E-state index contributed by atoms with van der Waals surface area (Å²) in [6.07, 6.45) is 2.39. The fourth-order valence-electron chi connectivity index (χ4n) is 1.61. The van der Waals surface area contributed by atoms with Crippen molar-refractivity contribution < 1.29 is 4.79 Å². The summed E-state index contributed by atoms with van der Waals surface area (Å²) in [5.74, 6) is 2.36. The van der Waals surface area contributed by atoms with Crippen LogP contribution in [-0.4, -0.2) is 48.0 Å². The van der Waals surface area contributed by atoms with E-state index in [0.717, 1.165) is 18.1 Å². The van der Waals surface area contributed by atoms with Gasteiger partial charge in [0, 0.05) is 31.1 Å². The third-order valence-corrected chi connectivity index (χ3v) is 3.72. The van der Waals surface area contributed by atoms with E-state index >= 15 is 0 Å². The highest BCUT2D eigenvalue weighted by Crippen LogP contribution is 2.26. The maximum Gasteiger partial charge on any atom is 0.240 e. The molecule has 1 atom stereocenters. The Hall–Kier alpha value is -0.220. The number of thioether (sulfide) groups is 1. The average Bonchev–Trinajstić information content (AvgIpc) is 3.00. The number of nitrogens with one attached hydrogen (secondary N) is 1. The molecular formula is C9H16N2OS. The molecule has 1 amide bonds. The monoisotopic (exact) mass is 200 g/mol. The predicted molar refractivity (Wildman–Crippen MR) is 54.9 cm³/mol. The molecule has 13 heavy (non-hydrogen) atoms. The third-order valence-electron chi connectivity index (χ3n) is 2.66. The van der Waals surface area contributed by atoms with Gasteiger partial charge in [-0.05, 0) is 12.8 Å². The van der Waals surface area contributed by atoms with E-state index in [9.17, 15) is 4.79 Å². The van der Waals surface area contributed by atoms with Crippen LogP contribution in [0.1, 0.15) is 12.8 Å². The van der Waals surface area contributed by atoms with Crippen LogP contribution in [0.3, 0.4) is 0 Å². The molecule has 0 aromatic rings. The van der Waals surface area contributed by atoms with Crippen molar-refractivity contribution in [2.45, 2.75) is 24.9 Å². The van der Waals surface area contributed by atoms with Crippen molar-refractivity contribution >= 4 is 17.7 Å². The first kappa shape index (κ1) is 9.34. The molecule has 2 rings (SSSR count). The maximum absolute atomic E-state index is 11.8. The van der Waals surface area contributed by atoms with Crippen molar-refractivity contribution in [2.75, 3.05) is 25.1 Å². The molecule has 1 saturated carbocycles. The zero-order valence-corrected chi connectivity index (χ0v) is 8.77. The topological polar surface area (TPSA) is 32.3 Å². The van der Waals surface area contributed by atoms with E-state index < -0.39 is 0 Å². The van der Waals surface area contributed by atoms with Gasteiger partial charge < -0.3 is 10.2 Å². The van der Waals surface area contributed by atoms with Crippen LogP contribution < -0.4 is 5.32 Å². The van der Waals surface area contributed by atoms with Gasteiger partial charge in [-0.1, -0.05) is 0 Å². The number of nitrogens with zero attached hydrogens (tertiary/aromatic N) is 1. The van der Waals surface area contributed by atoms with Gasteiger partial charge in [0.05, 0.1) is 6.04 Å². The van der Waals surface area contributed by atoms with E-state index in [1.54, 1.807) is 0 Å². The van der Waals surface area contributed by atoms with Gasteiger partial charge in [-0.15, -0.1) is 0 Å². The minimum absolute atomic E-state index is 0.0735. The van der Waals surface area contributed by atoms with Crippen LogP contribution >= 0.6 is 11.8 Å². The van der Waals surface area contributed by atoms with Gasteiger partial charge in [-0.25, -0.2) is 0 Å². The highest BCUT2D eigenvalue weighted by atomic mass is 32.2. The largest absolute Gasteiger partial charge is 0.341 e. The summed E-state index contributed by atoms with van der Waals surface area (Å²) in [7, 11) is 1.93. The number of likely N-dealkylation sites (N-methyl/N-ethyl adjacent to an activating group) is 1. The van der Waals surface area contributed by atoms with E-state index in [1.165, 1.54) is 12.8 Å². The van der Waals surface area contributed by atoms with Gasteiger partial charge >= 0.3 is 0 Å². The molecule has 0 bridgehead atoms. The second-order valence-electron chi connectivity index (χ2n) is 3.76. The van der Waals surface area contributed by atoms with Crippen LogP contribution in [0.4, 0.5) is 0 Å². The zero-order chi connectivity index (χ0) is 9.26. The quantitative estimate of drug-likeness (QED) is 0.696. The van der Waals surface area contributed by atoms with Gasteiger partial charge in [0.1, 0.15) is 0 Å². The Labute approximate surface area is 83.2 Å². The molecule has 4 heteroatoms. The summed E-state index contributed by atoms with van der Waals surface area (Å²) < 4.78 is 0. The average molecular weight is 200 g/mol. The van der Waals surface area contributed by atoms with E-state index in [1.807, 2.05) is 23.7 Å². The Morgan fingerprint density at radius 3 is 2.85 bits per heavy atom. The molecular weight excluding hydrogens is 184 g/mol. The highest BCUT2D eigenvalue weighted by molar-refractivity contribution is 7.99. The minimum atomic E-state index is 0.0735. The fraction of sp³-hybridized carbons (Fsp3) is 0.889. The molecule has 3 nitrogen and oxygen atoms in total. The van der Waals surface area contributed by atoms with Crippen molar-refractivity contribution in [1.82, 2.24) is 10.2 Å². The molecule has 74 valence electrons. The molecule has 0 aromatic carbocycles. The second kappa shape index (κ2) is 3.88. The normalized spacial score (nSPS) is 28.5. The Kier molecular flexibility index (Phi) is 2.79. The number of hydrogen-bond acceptors (Lipinski definition) is 3. The van der Waals surface area contributed by atoms with Crippen molar-refractivity contribution in [2.24, 2.45) is 0 Å². The molecule has 0 spiro atoms. The molecule has 2 fully saturated rings. The van der Waals surface area contributed by atoms with Crippen LogP contribution in [-0.2, 0) is 4.79 Å². The van der Waals surface area contributed by atoms with Gasteiger partial charge in [0.15, 0.2) is 0 Å². The number of carbonyl (C=O) groups excluding carboxylic acids is 1. The fourth-order valence-corrected chi connectivity index (χ4v) is 2.54. The first-order valence-corrected chi connectivity index (χ1v) is 6.02. The van der Waals surface area contributed by atoms with Crippen molar-refractivity contribution in [1.29, 1.82) is 0 Å². The van der Waals surface area contributed by atoms with Crippen LogP contribution in [0, 0.1) is 0 Å². The van der Waals surface area contributed by atoms with Crippen LogP contribution in [0.15, 0.2) is 0 Å². The van der Waals surface area contributed by atoms with E-state index in [4.69, 9.17) is 0 Å². The van der Waals surface area contributed by atoms with Gasteiger partial charge in [0.25, 0.3) is 0 Å². The second-order valence-corrected chi connectivity index (χ2v) is 4.91. The lowest BCUT2D eigenvalue weighted by Gasteiger charge is -2.27. The molecule has 1 unspecified atom stereocenters.